The molecule has 0 bridgehead atoms. The summed E-state index contributed by atoms with van der Waals surface area (Å²) in [5.41, 5.74) is 0.778. The number of carboxylic acid groups (broad SMARTS) is 1. The molecule has 1 aliphatic rings. The van der Waals surface area contributed by atoms with Crippen LogP contribution in [0.4, 0.5) is 11.4 Å². The largest absolute Gasteiger partial charge is 0.480 e. The van der Waals surface area contributed by atoms with E-state index >= 15 is 0 Å². The Bertz CT molecular complexity index is 506. The zero-order valence-corrected chi connectivity index (χ0v) is 11.5. The lowest BCUT2D eigenvalue weighted by molar-refractivity contribution is -0.384. The third kappa shape index (κ3) is 2.40. The van der Waals surface area contributed by atoms with Crippen LogP contribution in [-0.2, 0) is 4.79 Å². The van der Waals surface area contributed by atoms with Crippen LogP contribution in [0, 0.1) is 13.7 Å². The molecule has 1 N–H and O–H groups in total. The van der Waals surface area contributed by atoms with E-state index in [4.69, 9.17) is 5.11 Å². The van der Waals surface area contributed by atoms with Crippen LogP contribution in [0.5, 0.6) is 0 Å². The highest BCUT2D eigenvalue weighted by atomic mass is 127. The minimum absolute atomic E-state index is 0.0224. The molecule has 0 spiro atoms. The van der Waals surface area contributed by atoms with Gasteiger partial charge in [-0.2, -0.15) is 0 Å². The molecule has 1 heterocycles. The zero-order chi connectivity index (χ0) is 13.3. The number of aliphatic carboxylic acids is 1. The first kappa shape index (κ1) is 13.1. The second-order valence-electron chi connectivity index (χ2n) is 4.08. The van der Waals surface area contributed by atoms with Crippen molar-refractivity contribution in [1.29, 1.82) is 0 Å². The van der Waals surface area contributed by atoms with Crippen LogP contribution in [0.15, 0.2) is 18.2 Å². The van der Waals surface area contributed by atoms with Crippen molar-refractivity contribution in [2.45, 2.75) is 18.9 Å². The zero-order valence-electron chi connectivity index (χ0n) is 9.38. The molecule has 0 radical (unpaired) electrons. The highest BCUT2D eigenvalue weighted by Gasteiger charge is 2.31. The Labute approximate surface area is 117 Å². The van der Waals surface area contributed by atoms with Crippen molar-refractivity contribution in [3.63, 3.8) is 0 Å². The molecular formula is C11H11IN2O4. The molecule has 96 valence electrons. The summed E-state index contributed by atoms with van der Waals surface area (Å²) < 4.78 is 0.704. The van der Waals surface area contributed by atoms with Crippen LogP contribution in [0.25, 0.3) is 0 Å². The van der Waals surface area contributed by atoms with Gasteiger partial charge in [-0.15, -0.1) is 0 Å². The predicted molar refractivity (Wildman–Crippen MR) is 73.8 cm³/mol. The molecule has 2 rings (SSSR count). The quantitative estimate of drug-likeness (QED) is 0.507. The Kier molecular flexibility index (Phi) is 3.69. The number of halogens is 1. The van der Waals surface area contributed by atoms with E-state index in [2.05, 4.69) is 0 Å². The average molecular weight is 362 g/mol. The van der Waals surface area contributed by atoms with Gasteiger partial charge in [0.25, 0.3) is 5.69 Å². The number of nitro benzene ring substituents is 1. The topological polar surface area (TPSA) is 83.7 Å². The molecule has 1 aromatic carbocycles. The first-order valence-corrected chi connectivity index (χ1v) is 6.52. The van der Waals surface area contributed by atoms with Crippen molar-refractivity contribution in [3.8, 4) is 0 Å². The van der Waals surface area contributed by atoms with E-state index in [9.17, 15) is 14.9 Å². The monoisotopic (exact) mass is 362 g/mol. The number of rotatable bonds is 3. The highest BCUT2D eigenvalue weighted by Crippen LogP contribution is 2.32. The van der Waals surface area contributed by atoms with Crippen molar-refractivity contribution >= 4 is 39.9 Å². The molecule has 1 atom stereocenters. The normalized spacial score (nSPS) is 18.9. The van der Waals surface area contributed by atoms with Gasteiger partial charge in [0.2, 0.25) is 0 Å². The molecule has 18 heavy (non-hydrogen) atoms. The number of benzene rings is 1. The van der Waals surface area contributed by atoms with E-state index in [1.54, 1.807) is 11.0 Å². The second-order valence-corrected chi connectivity index (χ2v) is 5.24. The molecule has 0 amide bonds. The summed E-state index contributed by atoms with van der Waals surface area (Å²) >= 11 is 2.00. The maximum absolute atomic E-state index is 11.1. The van der Waals surface area contributed by atoms with E-state index in [0.717, 1.165) is 12.1 Å². The molecule has 1 aliphatic heterocycles. The number of hydrogen-bond donors (Lipinski definition) is 1. The maximum Gasteiger partial charge on any atom is 0.326 e. The van der Waals surface area contributed by atoms with E-state index in [1.807, 2.05) is 22.6 Å². The first-order valence-electron chi connectivity index (χ1n) is 5.44. The third-order valence-corrected chi connectivity index (χ3v) is 3.85. The van der Waals surface area contributed by atoms with Crippen LogP contribution >= 0.6 is 22.6 Å². The van der Waals surface area contributed by atoms with Gasteiger partial charge in [-0.1, -0.05) is 0 Å². The predicted octanol–water partition coefficient (Wildman–Crippen LogP) is 2.25. The molecular weight excluding hydrogens is 351 g/mol. The first-order chi connectivity index (χ1) is 8.50. The van der Waals surface area contributed by atoms with Gasteiger partial charge in [0, 0.05) is 22.2 Å². The highest BCUT2D eigenvalue weighted by molar-refractivity contribution is 14.1. The van der Waals surface area contributed by atoms with Gasteiger partial charge in [0.15, 0.2) is 0 Å². The number of nitro groups is 1. The number of hydrogen-bond acceptors (Lipinski definition) is 4. The smallest absolute Gasteiger partial charge is 0.326 e. The van der Waals surface area contributed by atoms with Gasteiger partial charge < -0.3 is 10.0 Å². The lowest BCUT2D eigenvalue weighted by atomic mass is 10.2. The molecule has 6 nitrogen and oxygen atoms in total. The standard InChI is InChI=1S/C11H11IN2O4/c12-8-6-7(14(17)18)3-4-9(8)13-5-1-2-10(13)11(15)16/h3-4,6,10H,1-2,5H2,(H,15,16). The molecule has 1 unspecified atom stereocenters. The summed E-state index contributed by atoms with van der Waals surface area (Å²) in [4.78, 5) is 23.1. The van der Waals surface area contributed by atoms with Crippen molar-refractivity contribution in [1.82, 2.24) is 0 Å². The van der Waals surface area contributed by atoms with Crippen molar-refractivity contribution < 1.29 is 14.8 Å². The number of carboxylic acids is 1. The summed E-state index contributed by atoms with van der Waals surface area (Å²) in [5, 5.41) is 19.8. The molecule has 0 aromatic heterocycles. The summed E-state index contributed by atoms with van der Waals surface area (Å²) in [6.07, 6.45) is 1.44. The SMILES string of the molecule is O=C(O)C1CCCN1c1ccc([N+](=O)[O-])cc1I. The Balaban J connectivity index is 2.33. The minimum Gasteiger partial charge on any atom is -0.480 e. The fourth-order valence-corrected chi connectivity index (χ4v) is 2.96. The van der Waals surface area contributed by atoms with Crippen LogP contribution in [0.2, 0.25) is 0 Å². The Morgan fingerprint density at radius 2 is 2.28 bits per heavy atom. The molecule has 1 saturated heterocycles. The van der Waals surface area contributed by atoms with Crippen molar-refractivity contribution in [2.75, 3.05) is 11.4 Å². The van der Waals surface area contributed by atoms with Gasteiger partial charge >= 0.3 is 5.97 Å². The number of anilines is 1. The summed E-state index contributed by atoms with van der Waals surface area (Å²) in [6, 6.07) is 3.98. The lowest BCUT2D eigenvalue weighted by Gasteiger charge is -2.24. The lowest BCUT2D eigenvalue weighted by Crippen LogP contribution is -2.36. The van der Waals surface area contributed by atoms with Crippen LogP contribution < -0.4 is 4.90 Å². The Hall–Kier alpha value is -1.38. The van der Waals surface area contributed by atoms with E-state index in [0.29, 0.717) is 16.5 Å². The van der Waals surface area contributed by atoms with Gasteiger partial charge in [-0.25, -0.2) is 4.79 Å². The average Bonchev–Trinajstić information content (AvgIpc) is 2.77. The third-order valence-electron chi connectivity index (χ3n) is 2.99. The Morgan fingerprint density at radius 1 is 1.56 bits per heavy atom. The van der Waals surface area contributed by atoms with E-state index in [1.165, 1.54) is 12.1 Å². The number of nitrogens with zero attached hydrogens (tertiary/aromatic N) is 2. The van der Waals surface area contributed by atoms with Gasteiger partial charge in [-0.05, 0) is 41.5 Å². The fraction of sp³-hybridized carbons (Fsp3) is 0.364. The van der Waals surface area contributed by atoms with Gasteiger partial charge in [0.1, 0.15) is 6.04 Å². The van der Waals surface area contributed by atoms with Crippen LogP contribution in [-0.4, -0.2) is 28.6 Å². The minimum atomic E-state index is -0.846. The number of carbonyl (C=O) groups is 1. The van der Waals surface area contributed by atoms with E-state index < -0.39 is 16.9 Å². The maximum atomic E-state index is 11.1. The van der Waals surface area contributed by atoms with Crippen molar-refractivity contribution in [3.05, 3.63) is 31.9 Å². The summed E-state index contributed by atoms with van der Waals surface area (Å²) in [5.74, 6) is -0.846. The second kappa shape index (κ2) is 5.09. The van der Waals surface area contributed by atoms with Gasteiger partial charge in [0.05, 0.1) is 10.6 Å². The van der Waals surface area contributed by atoms with E-state index in [-0.39, 0.29) is 5.69 Å². The molecule has 1 fully saturated rings. The van der Waals surface area contributed by atoms with Crippen molar-refractivity contribution in [2.24, 2.45) is 0 Å². The van der Waals surface area contributed by atoms with Crippen LogP contribution in [0.1, 0.15) is 12.8 Å². The fourth-order valence-electron chi connectivity index (χ4n) is 2.15. The summed E-state index contributed by atoms with van der Waals surface area (Å²) in [7, 11) is 0. The number of non-ortho nitro benzene ring substituents is 1. The summed E-state index contributed by atoms with van der Waals surface area (Å²) in [6.45, 7) is 0.671. The molecule has 0 aliphatic carbocycles. The molecule has 1 aromatic rings. The molecule has 0 saturated carbocycles. The molecule has 7 heteroatoms. The van der Waals surface area contributed by atoms with Crippen LogP contribution in [0.3, 0.4) is 0 Å². The Morgan fingerprint density at radius 3 is 2.83 bits per heavy atom. The van der Waals surface area contributed by atoms with Gasteiger partial charge in [-0.3, -0.25) is 10.1 Å².